The van der Waals surface area contributed by atoms with Crippen LogP contribution in [0.4, 0.5) is 5.82 Å². The molecule has 0 unspecified atom stereocenters. The lowest BCUT2D eigenvalue weighted by atomic mass is 9.85. The molecule has 0 aliphatic rings. The highest BCUT2D eigenvalue weighted by Crippen LogP contribution is 2.35. The van der Waals surface area contributed by atoms with Gasteiger partial charge in [0.15, 0.2) is 0 Å². The zero-order valence-corrected chi connectivity index (χ0v) is 19.1. The topological polar surface area (TPSA) is 45.2 Å². The summed E-state index contributed by atoms with van der Waals surface area (Å²) in [6, 6.07) is 24.4. The Hall–Kier alpha value is -3.14. The van der Waals surface area contributed by atoms with Crippen molar-refractivity contribution in [2.24, 2.45) is 0 Å². The third kappa shape index (κ3) is 5.32. The van der Waals surface area contributed by atoms with Crippen LogP contribution in [-0.2, 0) is 0 Å². The summed E-state index contributed by atoms with van der Waals surface area (Å²) in [7, 11) is 0. The molecule has 1 aromatic heterocycles. The minimum Gasteiger partial charge on any atom is -0.363 e. The maximum absolute atomic E-state index is 13.6. The molecule has 0 radical (unpaired) electrons. The highest BCUT2D eigenvalue weighted by atomic mass is 16.2. The van der Waals surface area contributed by atoms with Gasteiger partial charge in [-0.25, -0.2) is 4.98 Å². The highest BCUT2D eigenvalue weighted by Gasteiger charge is 2.28. The Morgan fingerprint density at radius 2 is 1.42 bits per heavy atom. The molecular formula is C27H33N3O. The Morgan fingerprint density at radius 1 is 0.806 bits per heavy atom. The quantitative estimate of drug-likeness (QED) is 0.470. The number of nitrogens with zero attached hydrogens (tertiary/aromatic N) is 2. The van der Waals surface area contributed by atoms with Gasteiger partial charge in [-0.3, -0.25) is 4.79 Å². The fourth-order valence-electron chi connectivity index (χ4n) is 4.24. The number of pyridine rings is 1. The van der Waals surface area contributed by atoms with E-state index in [1.54, 1.807) is 6.20 Å². The third-order valence-electron chi connectivity index (χ3n) is 5.66. The lowest BCUT2D eigenvalue weighted by molar-refractivity contribution is 0.0642. The molecule has 0 aliphatic carbocycles. The van der Waals surface area contributed by atoms with Crippen LogP contribution < -0.4 is 5.32 Å². The fourth-order valence-corrected chi connectivity index (χ4v) is 4.24. The summed E-state index contributed by atoms with van der Waals surface area (Å²) in [6.07, 6.45) is 1.79. The average molecular weight is 416 g/mol. The van der Waals surface area contributed by atoms with Crippen LogP contribution in [0.2, 0.25) is 0 Å². The van der Waals surface area contributed by atoms with Gasteiger partial charge in [-0.15, -0.1) is 0 Å². The van der Waals surface area contributed by atoms with Gasteiger partial charge in [0.1, 0.15) is 5.82 Å². The molecule has 2 atom stereocenters. The predicted molar refractivity (Wildman–Crippen MR) is 128 cm³/mol. The standard InChI is InChI=1S/C27H33N3O/c1-19(2)30(20(3)4)27(31)24-16-10-9-15-23(24)21(5)26(22-13-7-6-8-14-22)29-25-17-11-12-18-28-25/h6-21,26H,1-5H3,(H,28,29)/t21-,26-/m1/s1. The molecule has 0 saturated carbocycles. The van der Waals surface area contributed by atoms with E-state index in [-0.39, 0.29) is 30.0 Å². The minimum atomic E-state index is -0.0309. The van der Waals surface area contributed by atoms with Gasteiger partial charge < -0.3 is 10.2 Å². The second kappa shape index (κ2) is 10.3. The zero-order chi connectivity index (χ0) is 22.4. The Kier molecular flexibility index (Phi) is 7.45. The normalized spacial score (nSPS) is 13.1. The molecule has 2 aromatic carbocycles. The highest BCUT2D eigenvalue weighted by molar-refractivity contribution is 5.96. The van der Waals surface area contributed by atoms with Crippen LogP contribution in [0.15, 0.2) is 79.0 Å². The van der Waals surface area contributed by atoms with Gasteiger partial charge in [0, 0.05) is 29.8 Å². The number of nitrogens with one attached hydrogen (secondary N) is 1. The monoisotopic (exact) mass is 415 g/mol. The van der Waals surface area contributed by atoms with Gasteiger partial charge in [0.05, 0.1) is 6.04 Å². The molecule has 1 amide bonds. The van der Waals surface area contributed by atoms with Crippen LogP contribution in [0.3, 0.4) is 0 Å². The van der Waals surface area contributed by atoms with Crippen molar-refractivity contribution in [1.29, 1.82) is 0 Å². The second-order valence-corrected chi connectivity index (χ2v) is 8.52. The van der Waals surface area contributed by atoms with E-state index in [1.165, 1.54) is 0 Å². The molecule has 4 heteroatoms. The largest absolute Gasteiger partial charge is 0.363 e. The van der Waals surface area contributed by atoms with Gasteiger partial charge in [0.2, 0.25) is 0 Å². The predicted octanol–water partition coefficient (Wildman–Crippen LogP) is 6.30. The van der Waals surface area contributed by atoms with E-state index in [0.29, 0.717) is 0 Å². The third-order valence-corrected chi connectivity index (χ3v) is 5.66. The van der Waals surface area contributed by atoms with Crippen molar-refractivity contribution >= 4 is 11.7 Å². The molecular weight excluding hydrogens is 382 g/mol. The molecule has 31 heavy (non-hydrogen) atoms. The maximum Gasteiger partial charge on any atom is 0.254 e. The molecule has 162 valence electrons. The van der Waals surface area contributed by atoms with Crippen molar-refractivity contribution < 1.29 is 4.79 Å². The Balaban J connectivity index is 2.02. The summed E-state index contributed by atoms with van der Waals surface area (Å²) in [5, 5.41) is 3.60. The first-order valence-electron chi connectivity index (χ1n) is 11.0. The van der Waals surface area contributed by atoms with Crippen molar-refractivity contribution in [3.8, 4) is 0 Å². The van der Waals surface area contributed by atoms with E-state index in [9.17, 15) is 4.79 Å². The molecule has 0 bridgehead atoms. The van der Waals surface area contributed by atoms with Crippen molar-refractivity contribution in [3.05, 3.63) is 95.7 Å². The first-order valence-corrected chi connectivity index (χ1v) is 11.0. The van der Waals surface area contributed by atoms with Crippen molar-refractivity contribution in [2.75, 3.05) is 5.32 Å². The van der Waals surface area contributed by atoms with Gasteiger partial charge in [0.25, 0.3) is 5.91 Å². The first-order chi connectivity index (χ1) is 14.9. The second-order valence-electron chi connectivity index (χ2n) is 8.52. The van der Waals surface area contributed by atoms with Crippen LogP contribution in [0.5, 0.6) is 0 Å². The van der Waals surface area contributed by atoms with Gasteiger partial charge in [-0.05, 0) is 57.0 Å². The van der Waals surface area contributed by atoms with Crippen molar-refractivity contribution in [2.45, 2.75) is 58.7 Å². The van der Waals surface area contributed by atoms with Crippen LogP contribution in [0, 0.1) is 0 Å². The maximum atomic E-state index is 13.6. The van der Waals surface area contributed by atoms with E-state index in [0.717, 1.165) is 22.5 Å². The summed E-state index contributed by atoms with van der Waals surface area (Å²) in [4.78, 5) is 20.0. The Morgan fingerprint density at radius 3 is 2.03 bits per heavy atom. The summed E-state index contributed by atoms with van der Waals surface area (Å²) >= 11 is 0. The number of amides is 1. The van der Waals surface area contributed by atoms with Crippen molar-refractivity contribution in [1.82, 2.24) is 9.88 Å². The number of rotatable bonds is 8. The van der Waals surface area contributed by atoms with Gasteiger partial charge >= 0.3 is 0 Å². The lowest BCUT2D eigenvalue weighted by Gasteiger charge is -2.33. The number of benzene rings is 2. The molecule has 0 spiro atoms. The molecule has 3 aromatic rings. The molecule has 1 N–H and O–H groups in total. The molecule has 3 rings (SSSR count). The van der Waals surface area contributed by atoms with Crippen molar-refractivity contribution in [3.63, 3.8) is 0 Å². The van der Waals surface area contributed by atoms with Crippen LogP contribution in [0.25, 0.3) is 0 Å². The van der Waals surface area contributed by atoms with Crippen LogP contribution in [-0.4, -0.2) is 27.9 Å². The van der Waals surface area contributed by atoms with E-state index < -0.39 is 0 Å². The summed E-state index contributed by atoms with van der Waals surface area (Å²) in [5.41, 5.74) is 2.96. The SMILES string of the molecule is CC(C)N(C(=O)c1ccccc1[C@@H](C)[C@@H](Nc1ccccn1)c1ccccc1)C(C)C. The van der Waals surface area contributed by atoms with E-state index in [2.05, 4.69) is 63.1 Å². The lowest BCUT2D eigenvalue weighted by Crippen LogP contribution is -2.42. The minimum absolute atomic E-state index is 0.0309. The molecule has 0 fully saturated rings. The summed E-state index contributed by atoms with van der Waals surface area (Å²) < 4.78 is 0. The zero-order valence-electron chi connectivity index (χ0n) is 19.1. The van der Waals surface area contributed by atoms with Gasteiger partial charge in [-0.1, -0.05) is 61.5 Å². The van der Waals surface area contributed by atoms with Crippen LogP contribution >= 0.6 is 0 Å². The van der Waals surface area contributed by atoms with Gasteiger partial charge in [-0.2, -0.15) is 0 Å². The molecule has 1 heterocycles. The fraction of sp³-hybridized carbons (Fsp3) is 0.333. The number of hydrogen-bond donors (Lipinski definition) is 1. The number of hydrogen-bond acceptors (Lipinski definition) is 3. The van der Waals surface area contributed by atoms with Crippen LogP contribution in [0.1, 0.15) is 68.1 Å². The summed E-state index contributed by atoms with van der Waals surface area (Å²) in [5.74, 6) is 0.945. The number of carbonyl (C=O) groups is 1. The number of carbonyl (C=O) groups excluding carboxylic acids is 1. The average Bonchev–Trinajstić information content (AvgIpc) is 2.78. The Bertz CT molecular complexity index is 962. The van der Waals surface area contributed by atoms with E-state index >= 15 is 0 Å². The smallest absolute Gasteiger partial charge is 0.254 e. The number of aromatic nitrogens is 1. The number of anilines is 1. The molecule has 0 saturated heterocycles. The van der Waals surface area contributed by atoms with E-state index in [4.69, 9.17) is 0 Å². The summed E-state index contributed by atoms with van der Waals surface area (Å²) in [6.45, 7) is 10.5. The molecule has 4 nitrogen and oxygen atoms in total. The first kappa shape index (κ1) is 22.5. The molecule has 0 aliphatic heterocycles. The van der Waals surface area contributed by atoms with E-state index in [1.807, 2.05) is 59.5 Å². The Labute approximate surface area is 186 Å².